The van der Waals surface area contributed by atoms with Gasteiger partial charge < -0.3 is 19.9 Å². The van der Waals surface area contributed by atoms with Crippen molar-refractivity contribution in [2.75, 3.05) is 19.4 Å². The standard InChI is InChI=1S/C21H25BrClFN4O4S/c1-21(2,3)32-20(30)28-9-5-6-11(28)10(25-7-9)8-31-17-12-16(15(24)13(22)14(17)23)26-19(33-4)27-18(12)29/h9-11,25H,5-8H2,1-4H3,(H,26,27,29)/t9-,10-,11+/m1/s1. The van der Waals surface area contributed by atoms with Crippen molar-refractivity contribution in [2.45, 2.75) is 62.5 Å². The highest BCUT2D eigenvalue weighted by molar-refractivity contribution is 9.10. The second-order valence-electron chi connectivity index (χ2n) is 9.04. The summed E-state index contributed by atoms with van der Waals surface area (Å²) in [5.74, 6) is -1.04. The average molecular weight is 564 g/mol. The molecular formula is C21H25BrClFN4O4S. The third kappa shape index (κ3) is 4.69. The summed E-state index contributed by atoms with van der Waals surface area (Å²) in [5, 5.41) is 14.1. The van der Waals surface area contributed by atoms with Gasteiger partial charge in [0.05, 0.1) is 16.6 Å². The van der Waals surface area contributed by atoms with Gasteiger partial charge in [-0.25, -0.2) is 14.2 Å². The molecule has 0 aliphatic carbocycles. The Bertz CT molecular complexity index is 1100. The second kappa shape index (κ2) is 9.24. The topological polar surface area (TPSA) is 96.8 Å². The van der Waals surface area contributed by atoms with Crippen LogP contribution in [0.1, 0.15) is 33.6 Å². The van der Waals surface area contributed by atoms with Crippen molar-refractivity contribution in [3.05, 3.63) is 15.3 Å². The molecule has 1 amide bonds. The molecular weight excluding hydrogens is 539 g/mol. The fourth-order valence-electron chi connectivity index (χ4n) is 4.31. The fraction of sp³-hybridized carbons (Fsp3) is 0.571. The molecule has 3 atom stereocenters. The molecule has 0 unspecified atom stereocenters. The van der Waals surface area contributed by atoms with Crippen molar-refractivity contribution in [1.82, 2.24) is 20.2 Å². The van der Waals surface area contributed by atoms with Gasteiger partial charge in [-0.2, -0.15) is 4.98 Å². The molecule has 3 heterocycles. The molecule has 2 aromatic rings. The number of piperazine rings is 1. The zero-order valence-corrected chi connectivity index (χ0v) is 21.8. The fourth-order valence-corrected chi connectivity index (χ4v) is 5.27. The lowest BCUT2D eigenvalue weighted by atomic mass is 10.1. The Labute approximate surface area is 208 Å². The number of halogens is 3. The van der Waals surface area contributed by atoms with Crippen molar-refractivity contribution < 1.29 is 23.8 Å². The van der Waals surface area contributed by atoms with Gasteiger partial charge >= 0.3 is 6.09 Å². The van der Waals surface area contributed by atoms with Crippen LogP contribution in [0.3, 0.4) is 0 Å². The second-order valence-corrected chi connectivity index (χ2v) is 11.0. The molecule has 2 bridgehead atoms. The molecule has 0 radical (unpaired) electrons. The van der Waals surface area contributed by atoms with Gasteiger partial charge in [-0.15, -0.1) is 0 Å². The van der Waals surface area contributed by atoms with Crippen LogP contribution in [0.4, 0.5) is 9.18 Å². The van der Waals surface area contributed by atoms with Crippen molar-refractivity contribution in [2.24, 2.45) is 0 Å². The molecule has 0 saturated carbocycles. The number of hydrogen-bond acceptors (Lipinski definition) is 8. The molecule has 4 rings (SSSR count). The van der Waals surface area contributed by atoms with Gasteiger partial charge in [0, 0.05) is 12.6 Å². The Morgan fingerprint density at radius 2 is 2.12 bits per heavy atom. The summed E-state index contributed by atoms with van der Waals surface area (Å²) in [7, 11) is 0. The van der Waals surface area contributed by atoms with E-state index < -0.39 is 17.3 Å². The highest BCUT2D eigenvalue weighted by atomic mass is 79.9. The number of benzene rings is 1. The highest BCUT2D eigenvalue weighted by Crippen LogP contribution is 2.44. The minimum absolute atomic E-state index is 0.00241. The average Bonchev–Trinajstić information content (AvgIpc) is 3.06. The molecule has 180 valence electrons. The normalized spacial score (nSPS) is 22.6. The predicted octanol–water partition coefficient (Wildman–Crippen LogP) is 4.73. The van der Waals surface area contributed by atoms with E-state index in [9.17, 15) is 14.3 Å². The first-order valence-corrected chi connectivity index (χ1v) is 12.9. The van der Waals surface area contributed by atoms with Gasteiger partial charge in [0.2, 0.25) is 5.88 Å². The first kappa shape index (κ1) is 24.6. The van der Waals surface area contributed by atoms with E-state index in [0.29, 0.717) is 6.54 Å². The number of nitrogens with one attached hydrogen (secondary N) is 1. The maximum absolute atomic E-state index is 14.9. The molecule has 8 nitrogen and oxygen atoms in total. The first-order chi connectivity index (χ1) is 15.5. The minimum atomic E-state index is -0.708. The lowest BCUT2D eigenvalue weighted by molar-refractivity contribution is 0.00126. The highest BCUT2D eigenvalue weighted by Gasteiger charge is 2.46. The van der Waals surface area contributed by atoms with Crippen LogP contribution in [0.15, 0.2) is 9.63 Å². The van der Waals surface area contributed by atoms with Gasteiger partial charge in [0.15, 0.2) is 16.7 Å². The molecule has 2 aliphatic heterocycles. The van der Waals surface area contributed by atoms with E-state index in [4.69, 9.17) is 21.1 Å². The van der Waals surface area contributed by atoms with Crippen LogP contribution in [0, 0.1) is 5.82 Å². The maximum Gasteiger partial charge on any atom is 0.410 e. The van der Waals surface area contributed by atoms with Crippen molar-refractivity contribution in [3.8, 4) is 11.6 Å². The van der Waals surface area contributed by atoms with E-state index in [1.807, 2.05) is 20.8 Å². The van der Waals surface area contributed by atoms with Crippen LogP contribution in [0.2, 0.25) is 5.02 Å². The van der Waals surface area contributed by atoms with Crippen molar-refractivity contribution in [1.29, 1.82) is 0 Å². The van der Waals surface area contributed by atoms with Crippen LogP contribution in [-0.2, 0) is 4.74 Å². The Hall–Kier alpha value is -1.56. The smallest absolute Gasteiger partial charge is 0.410 e. The first-order valence-electron chi connectivity index (χ1n) is 10.5. The van der Waals surface area contributed by atoms with Crippen LogP contribution in [-0.4, -0.2) is 69.2 Å². The summed E-state index contributed by atoms with van der Waals surface area (Å²) < 4.78 is 26.5. The number of nitrogens with zero attached hydrogens (tertiary/aromatic N) is 3. The van der Waals surface area contributed by atoms with E-state index in [1.165, 1.54) is 11.8 Å². The number of ether oxygens (including phenoxy) is 2. The van der Waals surface area contributed by atoms with Crippen molar-refractivity contribution in [3.63, 3.8) is 0 Å². The molecule has 2 fully saturated rings. The van der Waals surface area contributed by atoms with E-state index in [-0.39, 0.29) is 62.1 Å². The third-order valence-corrected chi connectivity index (χ3v) is 7.59. The number of hydrogen-bond donors (Lipinski definition) is 2. The number of aromatic hydroxyl groups is 1. The monoisotopic (exact) mass is 562 g/mol. The number of carbonyl (C=O) groups excluding carboxylic acids is 1. The number of rotatable bonds is 4. The Morgan fingerprint density at radius 3 is 2.79 bits per heavy atom. The molecule has 2 N–H and O–H groups in total. The predicted molar refractivity (Wildman–Crippen MR) is 128 cm³/mol. The molecule has 33 heavy (non-hydrogen) atoms. The quantitative estimate of drug-likeness (QED) is 0.313. The van der Waals surface area contributed by atoms with Gasteiger partial charge in [-0.3, -0.25) is 4.90 Å². The summed E-state index contributed by atoms with van der Waals surface area (Å²) >= 11 is 10.7. The van der Waals surface area contributed by atoms with Crippen LogP contribution in [0.5, 0.6) is 11.6 Å². The summed E-state index contributed by atoms with van der Waals surface area (Å²) in [6.45, 7) is 6.26. The van der Waals surface area contributed by atoms with Gasteiger partial charge in [-0.1, -0.05) is 23.4 Å². The van der Waals surface area contributed by atoms with E-state index >= 15 is 0 Å². The summed E-state index contributed by atoms with van der Waals surface area (Å²) in [4.78, 5) is 22.8. The molecule has 1 aromatic carbocycles. The van der Waals surface area contributed by atoms with Gasteiger partial charge in [0.25, 0.3) is 0 Å². The lowest BCUT2D eigenvalue weighted by Gasteiger charge is -2.41. The third-order valence-electron chi connectivity index (χ3n) is 5.71. The molecule has 0 spiro atoms. The minimum Gasteiger partial charge on any atom is -0.493 e. The Balaban J connectivity index is 1.62. The van der Waals surface area contributed by atoms with Crippen LogP contribution in [0.25, 0.3) is 10.9 Å². The van der Waals surface area contributed by atoms with Crippen molar-refractivity contribution >= 4 is 56.3 Å². The largest absolute Gasteiger partial charge is 0.493 e. The zero-order chi connectivity index (χ0) is 24.1. The van der Waals surface area contributed by atoms with Crippen LogP contribution < -0.4 is 10.1 Å². The Morgan fingerprint density at radius 1 is 1.39 bits per heavy atom. The molecule has 1 aromatic heterocycles. The summed E-state index contributed by atoms with van der Waals surface area (Å²) in [5.41, 5.74) is -0.682. The Kier molecular flexibility index (Phi) is 6.88. The molecule has 2 saturated heterocycles. The van der Waals surface area contributed by atoms with Crippen LogP contribution >= 0.6 is 39.3 Å². The molecule has 2 aliphatic rings. The number of aromatic nitrogens is 2. The summed E-state index contributed by atoms with van der Waals surface area (Å²) in [6, 6.07) is -0.270. The number of thioether (sulfide) groups is 1. The van der Waals surface area contributed by atoms with E-state index in [1.54, 1.807) is 11.2 Å². The summed E-state index contributed by atoms with van der Waals surface area (Å²) in [6.07, 6.45) is 3.05. The van der Waals surface area contributed by atoms with Gasteiger partial charge in [0.1, 0.15) is 28.1 Å². The molecule has 12 heteroatoms. The van der Waals surface area contributed by atoms with E-state index in [0.717, 1.165) is 12.8 Å². The number of fused-ring (bicyclic) bond motifs is 3. The maximum atomic E-state index is 14.9. The number of amides is 1. The SMILES string of the molecule is CSc1nc(O)c2c(OC[C@H]3NC[C@H]4CC[C@@H]3N4C(=O)OC(C)(C)C)c(Cl)c(Br)c(F)c2n1. The number of carbonyl (C=O) groups is 1. The lowest BCUT2D eigenvalue weighted by Crippen LogP contribution is -2.61. The zero-order valence-electron chi connectivity index (χ0n) is 18.6. The van der Waals surface area contributed by atoms with E-state index in [2.05, 4.69) is 31.2 Å². The van der Waals surface area contributed by atoms with Gasteiger partial charge in [-0.05, 0) is 55.8 Å².